The summed E-state index contributed by atoms with van der Waals surface area (Å²) >= 11 is 0. The second-order valence-electron chi connectivity index (χ2n) is 5.47. The van der Waals surface area contributed by atoms with Gasteiger partial charge in [-0.15, -0.1) is 0 Å². The highest BCUT2D eigenvalue weighted by atomic mass is 19.1. The Bertz CT molecular complexity index is 1010. The minimum absolute atomic E-state index is 0.0320. The van der Waals surface area contributed by atoms with Crippen LogP contribution in [0, 0.1) is 5.82 Å². The monoisotopic (exact) mass is 368 g/mol. The summed E-state index contributed by atoms with van der Waals surface area (Å²) in [6.45, 7) is 0. The average molecular weight is 368 g/mol. The van der Waals surface area contributed by atoms with Crippen LogP contribution in [0.4, 0.5) is 4.39 Å². The maximum Gasteiger partial charge on any atom is 0.343 e. The number of phenols is 2. The number of carbonyl (C=O) groups is 2. The molecule has 0 atom stereocenters. The highest BCUT2D eigenvalue weighted by molar-refractivity contribution is 5.93. The molecule has 27 heavy (non-hydrogen) atoms. The molecule has 0 aromatic heterocycles. The van der Waals surface area contributed by atoms with E-state index in [0.29, 0.717) is 0 Å². The molecule has 0 saturated carbocycles. The molecule has 3 aromatic rings. The maximum atomic E-state index is 13.6. The van der Waals surface area contributed by atoms with Gasteiger partial charge in [0.25, 0.3) is 0 Å². The van der Waals surface area contributed by atoms with Gasteiger partial charge in [-0.25, -0.2) is 14.0 Å². The molecule has 0 amide bonds. The smallest absolute Gasteiger partial charge is 0.343 e. The molecule has 0 aliphatic heterocycles. The van der Waals surface area contributed by atoms with Gasteiger partial charge in [0.15, 0.2) is 11.5 Å². The number of benzene rings is 3. The summed E-state index contributed by atoms with van der Waals surface area (Å²) < 4.78 is 23.8. The normalized spacial score (nSPS) is 10.3. The Balaban J connectivity index is 1.85. The van der Waals surface area contributed by atoms with E-state index in [1.807, 2.05) is 0 Å². The fraction of sp³-hybridized carbons (Fsp3) is 0. The van der Waals surface area contributed by atoms with Gasteiger partial charge in [0.2, 0.25) is 0 Å². The van der Waals surface area contributed by atoms with E-state index in [2.05, 4.69) is 0 Å². The summed E-state index contributed by atoms with van der Waals surface area (Å²) in [7, 11) is 0. The highest BCUT2D eigenvalue weighted by Gasteiger charge is 2.17. The molecule has 3 aromatic carbocycles. The number of aromatic hydroxyl groups is 2. The molecular weight excluding hydrogens is 355 g/mol. The molecular formula is C20H13FO6. The van der Waals surface area contributed by atoms with E-state index in [-0.39, 0.29) is 34.1 Å². The largest absolute Gasteiger partial charge is 0.508 e. The zero-order valence-corrected chi connectivity index (χ0v) is 13.8. The fourth-order valence-electron chi connectivity index (χ4n) is 2.23. The predicted molar refractivity (Wildman–Crippen MR) is 92.5 cm³/mol. The second kappa shape index (κ2) is 7.57. The van der Waals surface area contributed by atoms with Crippen molar-refractivity contribution in [2.24, 2.45) is 0 Å². The van der Waals surface area contributed by atoms with E-state index >= 15 is 0 Å². The van der Waals surface area contributed by atoms with Gasteiger partial charge in [0.05, 0.1) is 11.1 Å². The average Bonchev–Trinajstić information content (AvgIpc) is 2.64. The van der Waals surface area contributed by atoms with Crippen molar-refractivity contribution in [2.75, 3.05) is 0 Å². The van der Waals surface area contributed by atoms with Crippen molar-refractivity contribution >= 4 is 11.9 Å². The standard InChI is InChI=1S/C20H13FO6/c21-14-7-8-17(26-19(24)12-3-1-5-15(22)9-12)18(11-14)27-20(25)13-4-2-6-16(23)10-13/h1-11,22-23H. The predicted octanol–water partition coefficient (Wildman–Crippen LogP) is 3.68. The molecule has 0 spiro atoms. The lowest BCUT2D eigenvalue weighted by Gasteiger charge is -2.11. The SMILES string of the molecule is O=C(Oc1ccc(F)cc1OC(=O)c1cccc(O)c1)c1cccc(O)c1. The Morgan fingerprint density at radius 2 is 1.22 bits per heavy atom. The number of rotatable bonds is 4. The van der Waals surface area contributed by atoms with Crippen LogP contribution < -0.4 is 9.47 Å². The van der Waals surface area contributed by atoms with E-state index in [4.69, 9.17) is 9.47 Å². The van der Waals surface area contributed by atoms with Crippen LogP contribution in [-0.4, -0.2) is 22.2 Å². The van der Waals surface area contributed by atoms with E-state index in [0.717, 1.165) is 18.2 Å². The zero-order valence-electron chi connectivity index (χ0n) is 13.8. The van der Waals surface area contributed by atoms with Gasteiger partial charge in [0.1, 0.15) is 17.3 Å². The minimum atomic E-state index is -0.869. The first-order valence-electron chi connectivity index (χ1n) is 7.74. The number of hydrogen-bond acceptors (Lipinski definition) is 6. The van der Waals surface area contributed by atoms with Crippen LogP contribution in [0.1, 0.15) is 20.7 Å². The number of hydrogen-bond donors (Lipinski definition) is 2. The summed E-state index contributed by atoms with van der Waals surface area (Å²) in [5, 5.41) is 18.9. The minimum Gasteiger partial charge on any atom is -0.508 e. The number of carbonyl (C=O) groups excluding carboxylic acids is 2. The Kier molecular flexibility index (Phi) is 5.03. The summed E-state index contributed by atoms with van der Waals surface area (Å²) in [6, 6.07) is 13.9. The molecule has 3 rings (SSSR count). The summed E-state index contributed by atoms with van der Waals surface area (Å²) in [6.07, 6.45) is 0. The Labute approximate surface area is 153 Å². The lowest BCUT2D eigenvalue weighted by molar-refractivity contribution is 0.0681. The maximum absolute atomic E-state index is 13.6. The molecule has 0 fully saturated rings. The van der Waals surface area contributed by atoms with Gasteiger partial charge in [0, 0.05) is 6.07 Å². The van der Waals surface area contributed by atoms with E-state index in [9.17, 15) is 24.2 Å². The topological polar surface area (TPSA) is 93.1 Å². The molecule has 0 bridgehead atoms. The summed E-state index contributed by atoms with van der Waals surface area (Å²) in [5.41, 5.74) is 0.0918. The summed E-state index contributed by atoms with van der Waals surface area (Å²) in [4.78, 5) is 24.4. The van der Waals surface area contributed by atoms with E-state index in [1.165, 1.54) is 48.5 Å². The van der Waals surface area contributed by atoms with Gasteiger partial charge >= 0.3 is 11.9 Å². The Hall–Kier alpha value is -3.87. The second-order valence-corrected chi connectivity index (χ2v) is 5.47. The Morgan fingerprint density at radius 3 is 1.74 bits per heavy atom. The molecule has 136 valence electrons. The van der Waals surface area contributed by atoms with E-state index < -0.39 is 17.8 Å². The van der Waals surface area contributed by atoms with Crippen LogP contribution in [0.3, 0.4) is 0 Å². The first-order valence-corrected chi connectivity index (χ1v) is 7.74. The van der Waals surface area contributed by atoms with Gasteiger partial charge in [-0.1, -0.05) is 12.1 Å². The van der Waals surface area contributed by atoms with Crippen LogP contribution in [0.5, 0.6) is 23.0 Å². The third-order valence-corrected chi connectivity index (χ3v) is 3.47. The summed E-state index contributed by atoms with van der Waals surface area (Å²) in [5.74, 6) is -3.16. The number of phenolic OH excluding ortho intramolecular Hbond substituents is 2. The first kappa shape index (κ1) is 17.9. The number of ether oxygens (including phenoxy) is 2. The molecule has 2 N–H and O–H groups in total. The van der Waals surface area contributed by atoms with Gasteiger partial charge < -0.3 is 19.7 Å². The van der Waals surface area contributed by atoms with Crippen LogP contribution in [0.2, 0.25) is 0 Å². The number of esters is 2. The lowest BCUT2D eigenvalue weighted by atomic mass is 10.2. The quantitative estimate of drug-likeness (QED) is 0.539. The van der Waals surface area contributed by atoms with Crippen LogP contribution in [0.25, 0.3) is 0 Å². The van der Waals surface area contributed by atoms with Crippen molar-refractivity contribution in [1.82, 2.24) is 0 Å². The van der Waals surface area contributed by atoms with Crippen molar-refractivity contribution in [1.29, 1.82) is 0 Å². The van der Waals surface area contributed by atoms with Gasteiger partial charge in [-0.05, 0) is 48.5 Å². The fourth-order valence-corrected chi connectivity index (χ4v) is 2.23. The van der Waals surface area contributed by atoms with Crippen molar-refractivity contribution in [2.45, 2.75) is 0 Å². The highest BCUT2D eigenvalue weighted by Crippen LogP contribution is 2.30. The van der Waals surface area contributed by atoms with Crippen molar-refractivity contribution in [3.8, 4) is 23.0 Å². The third-order valence-electron chi connectivity index (χ3n) is 3.47. The molecule has 0 aliphatic rings. The number of halogens is 1. The van der Waals surface area contributed by atoms with Gasteiger partial charge in [-0.2, -0.15) is 0 Å². The molecule has 0 heterocycles. The molecule has 0 saturated heterocycles. The molecule has 0 aliphatic carbocycles. The van der Waals surface area contributed by atoms with Crippen LogP contribution in [-0.2, 0) is 0 Å². The molecule has 7 heteroatoms. The molecule has 0 radical (unpaired) electrons. The lowest BCUT2D eigenvalue weighted by Crippen LogP contribution is -2.12. The first-order chi connectivity index (χ1) is 12.9. The molecule has 0 unspecified atom stereocenters. The zero-order chi connectivity index (χ0) is 19.4. The van der Waals surface area contributed by atoms with Gasteiger partial charge in [-0.3, -0.25) is 0 Å². The van der Waals surface area contributed by atoms with Crippen molar-refractivity contribution in [3.63, 3.8) is 0 Å². The van der Waals surface area contributed by atoms with Crippen molar-refractivity contribution < 1.29 is 33.7 Å². The third kappa shape index (κ3) is 4.40. The Morgan fingerprint density at radius 1 is 0.704 bits per heavy atom. The van der Waals surface area contributed by atoms with Crippen LogP contribution >= 0.6 is 0 Å². The van der Waals surface area contributed by atoms with Crippen LogP contribution in [0.15, 0.2) is 66.7 Å². The van der Waals surface area contributed by atoms with Crippen molar-refractivity contribution in [3.05, 3.63) is 83.7 Å². The van der Waals surface area contributed by atoms with E-state index in [1.54, 1.807) is 0 Å². The molecule has 6 nitrogen and oxygen atoms in total.